The highest BCUT2D eigenvalue weighted by Gasteiger charge is 2.20. The second-order valence-electron chi connectivity index (χ2n) is 6.99. The first kappa shape index (κ1) is 18.2. The van der Waals surface area contributed by atoms with E-state index >= 15 is 0 Å². The molecule has 0 radical (unpaired) electrons. The minimum absolute atomic E-state index is 0.141. The smallest absolute Gasteiger partial charge is 0.100 e. The number of aromatic amines is 1. The summed E-state index contributed by atoms with van der Waals surface area (Å²) >= 11 is 6.05. The molecule has 27 heavy (non-hydrogen) atoms. The van der Waals surface area contributed by atoms with Crippen LogP contribution in [0.3, 0.4) is 0 Å². The molecule has 2 aromatic heterocycles. The van der Waals surface area contributed by atoms with Gasteiger partial charge in [0.05, 0.1) is 6.10 Å². The fraction of sp³-hybridized carbons (Fsp3) is 0.333. The van der Waals surface area contributed by atoms with Gasteiger partial charge in [0.1, 0.15) is 5.69 Å². The molecule has 0 aliphatic carbocycles. The predicted molar refractivity (Wildman–Crippen MR) is 108 cm³/mol. The number of aliphatic hydroxyl groups excluding tert-OH is 1. The van der Waals surface area contributed by atoms with Crippen LogP contribution in [0.25, 0.3) is 22.4 Å². The molecule has 3 heterocycles. The highest BCUT2D eigenvalue weighted by molar-refractivity contribution is 6.30. The van der Waals surface area contributed by atoms with Gasteiger partial charge in [0.15, 0.2) is 0 Å². The molecule has 1 fully saturated rings. The van der Waals surface area contributed by atoms with Crippen molar-refractivity contribution < 1.29 is 5.11 Å². The number of likely N-dealkylation sites (tertiary alicyclic amines) is 1. The molecule has 1 aliphatic rings. The summed E-state index contributed by atoms with van der Waals surface area (Å²) in [5, 5.41) is 18.3. The van der Waals surface area contributed by atoms with E-state index in [-0.39, 0.29) is 6.10 Å². The standard InChI is InChI=1S/C21H23ClN4O/c22-17-3-1-16(2-4-17)21-20(15-5-10-23-11-6-15)19(24-25-21)9-14-26-12-7-18(27)8-13-26/h1-6,10-11,18,27H,7-9,12-14H2,(H,24,25). The first-order valence-corrected chi connectivity index (χ1v) is 9.72. The van der Waals surface area contributed by atoms with E-state index in [2.05, 4.69) is 20.1 Å². The third kappa shape index (κ3) is 4.21. The van der Waals surface area contributed by atoms with Crippen LogP contribution in [0.1, 0.15) is 18.5 Å². The molecule has 140 valence electrons. The van der Waals surface area contributed by atoms with E-state index in [0.717, 1.165) is 67.0 Å². The molecule has 0 spiro atoms. The number of piperidine rings is 1. The average molecular weight is 383 g/mol. The van der Waals surface area contributed by atoms with Crippen molar-refractivity contribution >= 4 is 11.6 Å². The van der Waals surface area contributed by atoms with E-state index in [0.29, 0.717) is 5.02 Å². The zero-order valence-corrected chi connectivity index (χ0v) is 15.9. The van der Waals surface area contributed by atoms with Gasteiger partial charge in [0.25, 0.3) is 0 Å². The van der Waals surface area contributed by atoms with Crippen molar-refractivity contribution in [3.63, 3.8) is 0 Å². The van der Waals surface area contributed by atoms with Gasteiger partial charge in [-0.15, -0.1) is 0 Å². The Morgan fingerprint density at radius 3 is 2.44 bits per heavy atom. The second-order valence-corrected chi connectivity index (χ2v) is 7.43. The van der Waals surface area contributed by atoms with Crippen molar-refractivity contribution in [2.45, 2.75) is 25.4 Å². The summed E-state index contributed by atoms with van der Waals surface area (Å²) in [6.45, 7) is 2.85. The molecule has 6 heteroatoms. The summed E-state index contributed by atoms with van der Waals surface area (Å²) in [6.07, 6.45) is 6.08. The molecule has 2 N–H and O–H groups in total. The maximum absolute atomic E-state index is 9.70. The number of H-pyrrole nitrogens is 1. The maximum Gasteiger partial charge on any atom is 0.100 e. The normalized spacial score (nSPS) is 15.9. The Bertz CT molecular complexity index is 871. The second kappa shape index (κ2) is 8.21. The van der Waals surface area contributed by atoms with E-state index in [1.807, 2.05) is 48.8 Å². The molecular weight excluding hydrogens is 360 g/mol. The molecule has 5 nitrogen and oxygen atoms in total. The van der Waals surface area contributed by atoms with Gasteiger partial charge in [-0.3, -0.25) is 10.1 Å². The van der Waals surface area contributed by atoms with E-state index in [1.165, 1.54) is 0 Å². The molecule has 1 saturated heterocycles. The van der Waals surface area contributed by atoms with Crippen molar-refractivity contribution in [2.24, 2.45) is 0 Å². The zero-order valence-electron chi connectivity index (χ0n) is 15.1. The zero-order chi connectivity index (χ0) is 18.6. The van der Waals surface area contributed by atoms with Gasteiger partial charge in [-0.25, -0.2) is 0 Å². The lowest BCUT2D eigenvalue weighted by atomic mass is 9.98. The number of aliphatic hydroxyl groups is 1. The molecule has 0 amide bonds. The monoisotopic (exact) mass is 382 g/mol. The number of benzene rings is 1. The molecule has 1 aliphatic heterocycles. The third-order valence-corrected chi connectivity index (χ3v) is 5.42. The Labute approximate surface area is 164 Å². The number of hydrogen-bond acceptors (Lipinski definition) is 4. The Balaban J connectivity index is 1.62. The van der Waals surface area contributed by atoms with E-state index in [4.69, 9.17) is 11.6 Å². The number of hydrogen-bond donors (Lipinski definition) is 2. The lowest BCUT2D eigenvalue weighted by molar-refractivity contribution is 0.0831. The molecule has 0 saturated carbocycles. The summed E-state index contributed by atoms with van der Waals surface area (Å²) in [5.41, 5.74) is 5.32. The van der Waals surface area contributed by atoms with E-state index < -0.39 is 0 Å². The van der Waals surface area contributed by atoms with Gasteiger partial charge in [-0.2, -0.15) is 5.10 Å². The minimum Gasteiger partial charge on any atom is -0.393 e. The number of rotatable bonds is 5. The van der Waals surface area contributed by atoms with Crippen molar-refractivity contribution in [2.75, 3.05) is 19.6 Å². The van der Waals surface area contributed by atoms with Crippen molar-refractivity contribution in [3.8, 4) is 22.4 Å². The number of pyridine rings is 1. The average Bonchev–Trinajstić information content (AvgIpc) is 3.13. The largest absolute Gasteiger partial charge is 0.393 e. The summed E-state index contributed by atoms with van der Waals surface area (Å²) in [5.74, 6) is 0. The molecule has 0 atom stereocenters. The van der Waals surface area contributed by atoms with Crippen molar-refractivity contribution in [1.82, 2.24) is 20.1 Å². The Hall–Kier alpha value is -2.21. The van der Waals surface area contributed by atoms with Crippen LogP contribution in [0.4, 0.5) is 0 Å². The minimum atomic E-state index is -0.141. The SMILES string of the molecule is OC1CCN(CCc2[nH]nc(-c3ccc(Cl)cc3)c2-c2ccncc2)CC1. The highest BCUT2D eigenvalue weighted by Crippen LogP contribution is 2.33. The van der Waals surface area contributed by atoms with Crippen LogP contribution in [-0.4, -0.2) is 50.9 Å². The maximum atomic E-state index is 9.70. The third-order valence-electron chi connectivity index (χ3n) is 5.16. The van der Waals surface area contributed by atoms with Gasteiger partial charge in [-0.1, -0.05) is 23.7 Å². The van der Waals surface area contributed by atoms with Crippen LogP contribution in [0.5, 0.6) is 0 Å². The molecule has 4 rings (SSSR count). The van der Waals surface area contributed by atoms with E-state index in [1.54, 1.807) is 0 Å². The van der Waals surface area contributed by atoms with Gasteiger partial charge >= 0.3 is 0 Å². The van der Waals surface area contributed by atoms with Gasteiger partial charge in [0, 0.05) is 60.3 Å². The van der Waals surface area contributed by atoms with Crippen LogP contribution in [-0.2, 0) is 6.42 Å². The fourth-order valence-corrected chi connectivity index (χ4v) is 3.74. The summed E-state index contributed by atoms with van der Waals surface area (Å²) in [4.78, 5) is 6.55. The van der Waals surface area contributed by atoms with Crippen molar-refractivity contribution in [1.29, 1.82) is 0 Å². The Morgan fingerprint density at radius 2 is 1.74 bits per heavy atom. The summed E-state index contributed by atoms with van der Waals surface area (Å²) < 4.78 is 0. The van der Waals surface area contributed by atoms with Crippen LogP contribution < -0.4 is 0 Å². The quantitative estimate of drug-likeness (QED) is 0.704. The first-order chi connectivity index (χ1) is 13.2. The van der Waals surface area contributed by atoms with Crippen LogP contribution in [0.15, 0.2) is 48.8 Å². The van der Waals surface area contributed by atoms with Gasteiger partial charge in [-0.05, 0) is 42.7 Å². The lowest BCUT2D eigenvalue weighted by Gasteiger charge is -2.29. The Morgan fingerprint density at radius 1 is 1.04 bits per heavy atom. The number of nitrogens with one attached hydrogen (secondary N) is 1. The first-order valence-electron chi connectivity index (χ1n) is 9.34. The summed E-state index contributed by atoms with van der Waals surface area (Å²) in [7, 11) is 0. The lowest BCUT2D eigenvalue weighted by Crippen LogP contribution is -2.37. The molecule has 0 bridgehead atoms. The van der Waals surface area contributed by atoms with E-state index in [9.17, 15) is 5.11 Å². The number of aromatic nitrogens is 3. The topological polar surface area (TPSA) is 65.0 Å². The summed E-state index contributed by atoms with van der Waals surface area (Å²) in [6, 6.07) is 11.8. The highest BCUT2D eigenvalue weighted by atomic mass is 35.5. The van der Waals surface area contributed by atoms with Gasteiger partial charge in [0.2, 0.25) is 0 Å². The molecule has 1 aromatic carbocycles. The molecular formula is C21H23ClN4O. The van der Waals surface area contributed by atoms with Crippen LogP contribution in [0, 0.1) is 0 Å². The van der Waals surface area contributed by atoms with Gasteiger partial charge < -0.3 is 10.0 Å². The Kier molecular flexibility index (Phi) is 5.53. The van der Waals surface area contributed by atoms with Crippen LogP contribution >= 0.6 is 11.6 Å². The van der Waals surface area contributed by atoms with Crippen LogP contribution in [0.2, 0.25) is 5.02 Å². The molecule has 0 unspecified atom stereocenters. The van der Waals surface area contributed by atoms with Crippen molar-refractivity contribution in [3.05, 3.63) is 59.5 Å². The number of nitrogens with zero attached hydrogens (tertiary/aromatic N) is 3. The predicted octanol–water partition coefficient (Wildman–Crippen LogP) is 3.79. The fourth-order valence-electron chi connectivity index (χ4n) is 3.62. The number of halogens is 1. The molecule has 3 aromatic rings.